The largest absolute Gasteiger partial charge is 0.361 e. The number of hydrogen-bond acceptors (Lipinski definition) is 6. The van der Waals surface area contributed by atoms with Crippen molar-refractivity contribution in [3.8, 4) is 0 Å². The van der Waals surface area contributed by atoms with Crippen molar-refractivity contribution in [2.45, 2.75) is 58.4 Å². The number of hydrogen-bond donors (Lipinski definition) is 2. The van der Waals surface area contributed by atoms with Crippen LogP contribution in [0.2, 0.25) is 0 Å². The van der Waals surface area contributed by atoms with Gasteiger partial charge in [-0.05, 0) is 43.9 Å². The van der Waals surface area contributed by atoms with Crippen LogP contribution in [-0.4, -0.2) is 20.9 Å². The number of nitrogens with zero attached hydrogens (tertiary/aromatic N) is 3. The molecule has 1 aromatic carbocycles. The van der Waals surface area contributed by atoms with E-state index >= 15 is 0 Å². The molecule has 138 valence electrons. The van der Waals surface area contributed by atoms with Gasteiger partial charge in [0.2, 0.25) is 11.6 Å². The van der Waals surface area contributed by atoms with Gasteiger partial charge in [0.25, 0.3) is 0 Å². The van der Waals surface area contributed by atoms with Crippen LogP contribution >= 0.6 is 0 Å². The lowest BCUT2D eigenvalue weighted by Gasteiger charge is -2.17. The van der Waals surface area contributed by atoms with Crippen LogP contribution in [0.25, 0.3) is 0 Å². The lowest BCUT2D eigenvalue weighted by molar-refractivity contribution is -0.383. The van der Waals surface area contributed by atoms with Crippen molar-refractivity contribution in [1.82, 2.24) is 9.97 Å². The van der Waals surface area contributed by atoms with E-state index in [1.807, 2.05) is 32.0 Å². The first-order valence-corrected chi connectivity index (χ1v) is 9.15. The number of rotatable bonds is 5. The van der Waals surface area contributed by atoms with E-state index < -0.39 is 4.92 Å². The summed E-state index contributed by atoms with van der Waals surface area (Å²) in [5.74, 6) is 0.513. The number of aromatic nitrogens is 2. The average Bonchev–Trinajstić information content (AvgIpc) is 2.87. The molecular formula is C19H25N5O2. The molecule has 7 nitrogen and oxygen atoms in total. The summed E-state index contributed by atoms with van der Waals surface area (Å²) >= 11 is 0. The molecule has 0 radical (unpaired) electrons. The van der Waals surface area contributed by atoms with E-state index in [1.165, 1.54) is 19.2 Å². The van der Waals surface area contributed by atoms with Gasteiger partial charge in [-0.15, -0.1) is 0 Å². The van der Waals surface area contributed by atoms with E-state index in [0.29, 0.717) is 5.82 Å². The number of nitrogens with one attached hydrogen (secondary N) is 2. The van der Waals surface area contributed by atoms with Crippen LogP contribution < -0.4 is 10.6 Å². The van der Waals surface area contributed by atoms with Gasteiger partial charge in [0.05, 0.1) is 4.92 Å². The third kappa shape index (κ3) is 4.28. The summed E-state index contributed by atoms with van der Waals surface area (Å²) in [7, 11) is 0. The Hall–Kier alpha value is -2.70. The Morgan fingerprint density at radius 2 is 1.77 bits per heavy atom. The Labute approximate surface area is 153 Å². The zero-order valence-corrected chi connectivity index (χ0v) is 15.3. The van der Waals surface area contributed by atoms with Crippen LogP contribution in [-0.2, 0) is 0 Å². The van der Waals surface area contributed by atoms with Gasteiger partial charge in [0.1, 0.15) is 6.33 Å². The summed E-state index contributed by atoms with van der Waals surface area (Å²) in [5, 5.41) is 18.2. The molecule has 0 unspecified atom stereocenters. The molecule has 3 rings (SSSR count). The molecule has 0 aliphatic heterocycles. The molecule has 1 aromatic heterocycles. The van der Waals surface area contributed by atoms with Gasteiger partial charge < -0.3 is 10.6 Å². The minimum absolute atomic E-state index is 0.0994. The SMILES string of the molecule is Cc1ccc(C)c(Nc2ncnc(NC3CCCCCC3)c2[N+](=O)[O-])c1. The van der Waals surface area contributed by atoms with E-state index in [4.69, 9.17) is 0 Å². The van der Waals surface area contributed by atoms with Gasteiger partial charge in [0.15, 0.2) is 0 Å². The van der Waals surface area contributed by atoms with Gasteiger partial charge in [-0.1, -0.05) is 37.8 Å². The lowest BCUT2D eigenvalue weighted by Crippen LogP contribution is -2.20. The van der Waals surface area contributed by atoms with Crippen LogP contribution in [0.5, 0.6) is 0 Å². The molecule has 1 saturated carbocycles. The second-order valence-corrected chi connectivity index (χ2v) is 6.95. The molecule has 26 heavy (non-hydrogen) atoms. The maximum absolute atomic E-state index is 11.7. The zero-order chi connectivity index (χ0) is 18.5. The fourth-order valence-electron chi connectivity index (χ4n) is 3.36. The zero-order valence-electron chi connectivity index (χ0n) is 15.3. The first kappa shape index (κ1) is 18.1. The van der Waals surface area contributed by atoms with Crippen LogP contribution in [0.4, 0.5) is 23.0 Å². The van der Waals surface area contributed by atoms with Crippen molar-refractivity contribution in [1.29, 1.82) is 0 Å². The van der Waals surface area contributed by atoms with Gasteiger partial charge in [-0.3, -0.25) is 10.1 Å². The second kappa shape index (κ2) is 8.12. The molecule has 0 spiro atoms. The standard InChI is InChI=1S/C19H25N5O2/c1-13-9-10-14(2)16(11-13)23-19-17(24(25)26)18(20-12-21-19)22-15-7-5-3-4-6-8-15/h9-12,15H,3-8H2,1-2H3,(H2,20,21,22,23). The molecule has 2 N–H and O–H groups in total. The Kier molecular flexibility index (Phi) is 5.65. The Balaban J connectivity index is 1.90. The smallest absolute Gasteiger partial charge is 0.353 e. The fraction of sp³-hybridized carbons (Fsp3) is 0.474. The quantitative estimate of drug-likeness (QED) is 0.451. The predicted octanol–water partition coefficient (Wildman–Crippen LogP) is 4.88. The monoisotopic (exact) mass is 355 g/mol. The molecule has 1 fully saturated rings. The molecule has 0 atom stereocenters. The van der Waals surface area contributed by atoms with E-state index in [-0.39, 0.29) is 17.5 Å². The van der Waals surface area contributed by atoms with Crippen molar-refractivity contribution in [2.75, 3.05) is 10.6 Å². The summed E-state index contributed by atoms with van der Waals surface area (Å²) in [6.45, 7) is 3.94. The van der Waals surface area contributed by atoms with Crippen molar-refractivity contribution in [3.05, 3.63) is 45.8 Å². The highest BCUT2D eigenvalue weighted by atomic mass is 16.6. The Bertz CT molecular complexity index is 785. The topological polar surface area (TPSA) is 93.0 Å². The number of benzene rings is 1. The van der Waals surface area contributed by atoms with Gasteiger partial charge in [0, 0.05) is 11.7 Å². The van der Waals surface area contributed by atoms with E-state index in [9.17, 15) is 10.1 Å². The molecule has 2 aromatic rings. The normalized spacial score (nSPS) is 15.3. The summed E-state index contributed by atoms with van der Waals surface area (Å²) in [6, 6.07) is 6.17. The number of anilines is 3. The number of nitro groups is 1. The summed E-state index contributed by atoms with van der Waals surface area (Å²) < 4.78 is 0. The van der Waals surface area contributed by atoms with Crippen LogP contribution in [0.3, 0.4) is 0 Å². The molecule has 0 bridgehead atoms. The van der Waals surface area contributed by atoms with Gasteiger partial charge in [-0.25, -0.2) is 9.97 Å². The molecule has 1 heterocycles. The number of aryl methyl sites for hydroxylation is 2. The molecule has 0 saturated heterocycles. The molecule has 1 aliphatic rings. The van der Waals surface area contributed by atoms with Crippen LogP contribution in [0.15, 0.2) is 24.5 Å². The fourth-order valence-corrected chi connectivity index (χ4v) is 3.36. The highest BCUT2D eigenvalue weighted by Crippen LogP contribution is 2.33. The van der Waals surface area contributed by atoms with Gasteiger partial charge in [-0.2, -0.15) is 0 Å². The predicted molar refractivity (Wildman–Crippen MR) is 103 cm³/mol. The van der Waals surface area contributed by atoms with Crippen LogP contribution in [0.1, 0.15) is 49.7 Å². The van der Waals surface area contributed by atoms with Crippen molar-refractivity contribution >= 4 is 23.0 Å². The summed E-state index contributed by atoms with van der Waals surface area (Å²) in [6.07, 6.45) is 8.14. The summed E-state index contributed by atoms with van der Waals surface area (Å²) in [5.41, 5.74) is 2.79. The molecular weight excluding hydrogens is 330 g/mol. The maximum atomic E-state index is 11.7. The maximum Gasteiger partial charge on any atom is 0.353 e. The van der Waals surface area contributed by atoms with E-state index in [0.717, 1.165) is 42.5 Å². The highest BCUT2D eigenvalue weighted by Gasteiger charge is 2.25. The minimum Gasteiger partial charge on any atom is -0.361 e. The average molecular weight is 355 g/mol. The first-order valence-electron chi connectivity index (χ1n) is 9.15. The molecule has 0 amide bonds. The van der Waals surface area contributed by atoms with Crippen LogP contribution in [0, 0.1) is 24.0 Å². The third-order valence-electron chi connectivity index (χ3n) is 4.85. The minimum atomic E-state index is -0.410. The Morgan fingerprint density at radius 3 is 2.46 bits per heavy atom. The lowest BCUT2D eigenvalue weighted by atomic mass is 10.1. The Morgan fingerprint density at radius 1 is 1.08 bits per heavy atom. The van der Waals surface area contributed by atoms with Crippen molar-refractivity contribution in [3.63, 3.8) is 0 Å². The van der Waals surface area contributed by atoms with E-state index in [2.05, 4.69) is 20.6 Å². The highest BCUT2D eigenvalue weighted by molar-refractivity contribution is 5.75. The molecule has 7 heteroatoms. The van der Waals surface area contributed by atoms with Gasteiger partial charge >= 0.3 is 5.69 Å². The van der Waals surface area contributed by atoms with E-state index in [1.54, 1.807) is 0 Å². The second-order valence-electron chi connectivity index (χ2n) is 6.95. The van der Waals surface area contributed by atoms with Crippen molar-refractivity contribution in [2.24, 2.45) is 0 Å². The summed E-state index contributed by atoms with van der Waals surface area (Å²) in [4.78, 5) is 19.6. The molecule has 1 aliphatic carbocycles. The van der Waals surface area contributed by atoms with Crippen molar-refractivity contribution < 1.29 is 4.92 Å². The first-order chi connectivity index (χ1) is 12.5. The third-order valence-corrected chi connectivity index (χ3v) is 4.85.